The average Bonchev–Trinajstić information content (AvgIpc) is 3.10. The molecule has 0 radical (unpaired) electrons. The summed E-state index contributed by atoms with van der Waals surface area (Å²) >= 11 is 0. The van der Waals surface area contributed by atoms with Gasteiger partial charge in [0.2, 0.25) is 15.9 Å². The van der Waals surface area contributed by atoms with Gasteiger partial charge in [-0.05, 0) is 30.7 Å². The molecule has 0 aromatic heterocycles. The maximum atomic E-state index is 13.3. The van der Waals surface area contributed by atoms with Crippen molar-refractivity contribution in [1.29, 1.82) is 0 Å². The molecular formula is C16H20FN3O5S. The number of hydrogen-bond acceptors (Lipinski definition) is 5. The van der Waals surface area contributed by atoms with E-state index in [4.69, 9.17) is 4.74 Å². The van der Waals surface area contributed by atoms with E-state index in [1.54, 1.807) is 7.05 Å². The molecule has 2 heterocycles. The highest BCUT2D eigenvalue weighted by Gasteiger charge is 2.49. The van der Waals surface area contributed by atoms with Gasteiger partial charge in [0, 0.05) is 20.0 Å². The Labute approximate surface area is 151 Å². The summed E-state index contributed by atoms with van der Waals surface area (Å²) in [6, 6.07) is 3.43. The van der Waals surface area contributed by atoms with Crippen LogP contribution in [0, 0.1) is 12.7 Å². The minimum Gasteiger partial charge on any atom is -0.439 e. The van der Waals surface area contributed by atoms with E-state index in [1.165, 1.54) is 22.8 Å². The topological polar surface area (TPSA) is 96.0 Å². The number of hydrogen-bond donors (Lipinski definition) is 1. The summed E-state index contributed by atoms with van der Waals surface area (Å²) in [6.45, 7) is 2.06. The highest BCUT2D eigenvalue weighted by atomic mass is 32.2. The van der Waals surface area contributed by atoms with E-state index in [0.29, 0.717) is 19.5 Å². The fraction of sp³-hybridized carbons (Fsp3) is 0.500. The lowest BCUT2D eigenvalue weighted by Crippen LogP contribution is -2.42. The lowest BCUT2D eigenvalue weighted by molar-refractivity contribution is -0.129. The average molecular weight is 385 g/mol. The molecule has 3 rings (SSSR count). The zero-order valence-electron chi connectivity index (χ0n) is 14.5. The van der Waals surface area contributed by atoms with Crippen molar-refractivity contribution < 1.29 is 27.1 Å². The summed E-state index contributed by atoms with van der Waals surface area (Å²) in [5, 5.41) is 0. The van der Waals surface area contributed by atoms with Crippen molar-refractivity contribution in [2.75, 3.05) is 33.2 Å². The molecule has 2 amide bonds. The zero-order valence-corrected chi connectivity index (χ0v) is 15.3. The molecule has 1 N–H and O–H groups in total. The van der Waals surface area contributed by atoms with Gasteiger partial charge < -0.3 is 14.5 Å². The van der Waals surface area contributed by atoms with Crippen molar-refractivity contribution in [3.8, 4) is 0 Å². The molecule has 1 spiro atoms. The van der Waals surface area contributed by atoms with Crippen LogP contribution >= 0.6 is 0 Å². The minimum atomic E-state index is -3.93. The quantitative estimate of drug-likeness (QED) is 0.813. The molecule has 2 fully saturated rings. The molecular weight excluding hydrogens is 365 g/mol. The first-order chi connectivity index (χ1) is 12.1. The van der Waals surface area contributed by atoms with Gasteiger partial charge >= 0.3 is 6.09 Å². The van der Waals surface area contributed by atoms with Crippen molar-refractivity contribution in [3.05, 3.63) is 29.6 Å². The van der Waals surface area contributed by atoms with Gasteiger partial charge in [0.1, 0.15) is 5.82 Å². The molecule has 1 aromatic rings. The standard InChI is InChI=1S/C16H20FN3O5S/c1-11-7-12(3-4-13(11)17)26(23,24)18-8-14(21)20-6-5-16(10-20)9-19(2)15(22)25-16/h3-4,7,18H,5-6,8-10H2,1-2H3/t16-/m1/s1. The van der Waals surface area contributed by atoms with Crippen LogP contribution in [0.1, 0.15) is 12.0 Å². The monoisotopic (exact) mass is 385 g/mol. The number of nitrogens with one attached hydrogen (secondary N) is 1. The van der Waals surface area contributed by atoms with Crippen LogP contribution in [0.3, 0.4) is 0 Å². The zero-order chi connectivity index (χ0) is 19.1. The summed E-state index contributed by atoms with van der Waals surface area (Å²) in [6.07, 6.45) is 0.0883. The third-order valence-electron chi connectivity index (χ3n) is 4.66. The first kappa shape index (κ1) is 18.6. The van der Waals surface area contributed by atoms with E-state index in [1.807, 2.05) is 0 Å². The number of likely N-dealkylation sites (N-methyl/N-ethyl adjacent to an activating group) is 1. The Balaban J connectivity index is 1.60. The van der Waals surface area contributed by atoms with Gasteiger partial charge in [0.15, 0.2) is 5.60 Å². The molecule has 0 aliphatic carbocycles. The summed E-state index contributed by atoms with van der Waals surface area (Å²) in [5.74, 6) is -0.909. The maximum Gasteiger partial charge on any atom is 0.410 e. The van der Waals surface area contributed by atoms with Gasteiger partial charge in [-0.1, -0.05) is 0 Å². The number of rotatable bonds is 4. The van der Waals surface area contributed by atoms with E-state index in [9.17, 15) is 22.4 Å². The number of likely N-dealkylation sites (tertiary alicyclic amines) is 1. The first-order valence-electron chi connectivity index (χ1n) is 8.10. The van der Waals surface area contributed by atoms with Gasteiger partial charge in [-0.2, -0.15) is 0 Å². The fourth-order valence-corrected chi connectivity index (χ4v) is 4.26. The molecule has 0 unspecified atom stereocenters. The van der Waals surface area contributed by atoms with Crippen molar-refractivity contribution in [2.45, 2.75) is 23.8 Å². The second-order valence-electron chi connectivity index (χ2n) is 6.71. The van der Waals surface area contributed by atoms with E-state index in [2.05, 4.69) is 4.72 Å². The van der Waals surface area contributed by atoms with Crippen molar-refractivity contribution in [2.24, 2.45) is 0 Å². The lowest BCUT2D eigenvalue weighted by Gasteiger charge is -2.21. The van der Waals surface area contributed by atoms with Crippen LogP contribution in [-0.2, 0) is 19.6 Å². The molecule has 0 saturated carbocycles. The van der Waals surface area contributed by atoms with E-state index in [0.717, 1.165) is 12.1 Å². The molecule has 26 heavy (non-hydrogen) atoms. The highest BCUT2D eigenvalue weighted by Crippen LogP contribution is 2.31. The van der Waals surface area contributed by atoms with Crippen molar-refractivity contribution in [3.63, 3.8) is 0 Å². The SMILES string of the molecule is Cc1cc(S(=O)(=O)NCC(=O)N2CC[C@@]3(CN(C)C(=O)O3)C2)ccc1F. The summed E-state index contributed by atoms with van der Waals surface area (Å²) in [5.41, 5.74) is -0.512. The number of amides is 2. The molecule has 1 aromatic carbocycles. The second kappa shape index (κ2) is 6.51. The Kier molecular flexibility index (Phi) is 4.65. The molecule has 2 saturated heterocycles. The van der Waals surface area contributed by atoms with E-state index < -0.39 is 40.0 Å². The van der Waals surface area contributed by atoms with Crippen LogP contribution in [0.25, 0.3) is 0 Å². The second-order valence-corrected chi connectivity index (χ2v) is 8.47. The number of ether oxygens (including phenoxy) is 1. The number of aryl methyl sites for hydroxylation is 1. The third kappa shape index (κ3) is 3.51. The van der Waals surface area contributed by atoms with Gasteiger partial charge in [-0.3, -0.25) is 4.79 Å². The van der Waals surface area contributed by atoms with Crippen LogP contribution in [0.4, 0.5) is 9.18 Å². The molecule has 1 atom stereocenters. The largest absolute Gasteiger partial charge is 0.439 e. The third-order valence-corrected chi connectivity index (χ3v) is 6.06. The number of halogens is 1. The Morgan fingerprint density at radius 3 is 2.73 bits per heavy atom. The Morgan fingerprint density at radius 1 is 1.38 bits per heavy atom. The summed E-state index contributed by atoms with van der Waals surface area (Å²) < 4.78 is 45.4. The summed E-state index contributed by atoms with van der Waals surface area (Å²) in [4.78, 5) is 26.7. The molecule has 142 valence electrons. The predicted octanol–water partition coefficient (Wildman–Crippen LogP) is 0.466. The van der Waals surface area contributed by atoms with Crippen LogP contribution in [0.15, 0.2) is 23.1 Å². The molecule has 8 nitrogen and oxygen atoms in total. The highest BCUT2D eigenvalue weighted by molar-refractivity contribution is 7.89. The fourth-order valence-electron chi connectivity index (χ4n) is 3.20. The molecule has 2 aliphatic heterocycles. The van der Waals surface area contributed by atoms with Crippen LogP contribution in [0.5, 0.6) is 0 Å². The van der Waals surface area contributed by atoms with Crippen molar-refractivity contribution in [1.82, 2.24) is 14.5 Å². The number of carbonyl (C=O) groups is 2. The smallest absolute Gasteiger partial charge is 0.410 e. The summed E-state index contributed by atoms with van der Waals surface area (Å²) in [7, 11) is -2.30. The van der Waals surface area contributed by atoms with Crippen LogP contribution in [-0.4, -0.2) is 69.0 Å². The minimum absolute atomic E-state index is 0.103. The van der Waals surface area contributed by atoms with Gasteiger partial charge in [0.25, 0.3) is 0 Å². The van der Waals surface area contributed by atoms with E-state index in [-0.39, 0.29) is 17.0 Å². The number of sulfonamides is 1. The van der Waals surface area contributed by atoms with Gasteiger partial charge in [-0.15, -0.1) is 0 Å². The number of nitrogens with zero attached hydrogens (tertiary/aromatic N) is 2. The Morgan fingerprint density at radius 2 is 2.12 bits per heavy atom. The van der Waals surface area contributed by atoms with Gasteiger partial charge in [0.05, 0.1) is 24.5 Å². The van der Waals surface area contributed by atoms with Crippen molar-refractivity contribution >= 4 is 22.0 Å². The molecule has 2 aliphatic rings. The molecule has 0 bridgehead atoms. The maximum absolute atomic E-state index is 13.3. The van der Waals surface area contributed by atoms with Crippen LogP contribution in [0.2, 0.25) is 0 Å². The van der Waals surface area contributed by atoms with Gasteiger partial charge in [-0.25, -0.2) is 22.3 Å². The van der Waals surface area contributed by atoms with E-state index >= 15 is 0 Å². The van der Waals surface area contributed by atoms with Crippen LogP contribution < -0.4 is 4.72 Å². The Hall–Kier alpha value is -2.20. The Bertz CT molecular complexity index is 859. The first-order valence-corrected chi connectivity index (χ1v) is 9.58. The lowest BCUT2D eigenvalue weighted by atomic mass is 10.0. The molecule has 10 heteroatoms. The normalized spacial score (nSPS) is 23.0. The number of carbonyl (C=O) groups excluding carboxylic acids is 2. The number of benzene rings is 1. The predicted molar refractivity (Wildman–Crippen MR) is 89.4 cm³/mol.